The lowest BCUT2D eigenvalue weighted by atomic mass is 9.76. The van der Waals surface area contributed by atoms with Gasteiger partial charge in [0.15, 0.2) is 0 Å². The summed E-state index contributed by atoms with van der Waals surface area (Å²) in [6.45, 7) is 19.1. The van der Waals surface area contributed by atoms with Crippen LogP contribution in [-0.4, -0.2) is 31.7 Å². The van der Waals surface area contributed by atoms with Gasteiger partial charge in [-0.15, -0.1) is 0 Å². The van der Waals surface area contributed by atoms with Crippen LogP contribution in [0.3, 0.4) is 0 Å². The SMILES string of the molecule is C[Si](C)c1cc2c(B3OC(C)(C)C(C)(C)O3)c(F)ccc2n1C(C)(C)C. The van der Waals surface area contributed by atoms with Crippen LogP contribution in [0.4, 0.5) is 4.39 Å². The molecule has 1 aromatic heterocycles. The first kappa shape index (κ1) is 19.6. The van der Waals surface area contributed by atoms with Crippen molar-refractivity contribution in [1.82, 2.24) is 4.57 Å². The maximum absolute atomic E-state index is 15.0. The van der Waals surface area contributed by atoms with Gasteiger partial charge in [-0.3, -0.25) is 0 Å². The summed E-state index contributed by atoms with van der Waals surface area (Å²) in [5.74, 6) is -0.269. The van der Waals surface area contributed by atoms with Crippen molar-refractivity contribution in [2.24, 2.45) is 0 Å². The summed E-state index contributed by atoms with van der Waals surface area (Å²) in [4.78, 5) is 0. The zero-order valence-electron chi connectivity index (χ0n) is 17.5. The molecular formula is C20H30BFNO2Si. The first-order chi connectivity index (χ1) is 11.8. The fourth-order valence-electron chi connectivity index (χ4n) is 3.57. The molecule has 0 atom stereocenters. The topological polar surface area (TPSA) is 23.4 Å². The Morgan fingerprint density at radius 1 is 1.04 bits per heavy atom. The van der Waals surface area contributed by atoms with Gasteiger partial charge in [0, 0.05) is 27.2 Å². The van der Waals surface area contributed by atoms with Crippen LogP contribution >= 0.6 is 0 Å². The molecular weight excluding hydrogens is 344 g/mol. The first-order valence-corrected chi connectivity index (χ1v) is 11.8. The van der Waals surface area contributed by atoms with Crippen LogP contribution in [0.15, 0.2) is 18.2 Å². The summed E-state index contributed by atoms with van der Waals surface area (Å²) in [5.41, 5.74) is 0.501. The Bertz CT molecular complexity index is 836. The highest BCUT2D eigenvalue weighted by molar-refractivity contribution is 6.71. The van der Waals surface area contributed by atoms with Crippen LogP contribution in [0, 0.1) is 5.82 Å². The molecule has 1 aromatic carbocycles. The number of hydrogen-bond acceptors (Lipinski definition) is 2. The van der Waals surface area contributed by atoms with Gasteiger partial charge >= 0.3 is 7.12 Å². The highest BCUT2D eigenvalue weighted by Gasteiger charge is 2.53. The summed E-state index contributed by atoms with van der Waals surface area (Å²) < 4.78 is 29.6. The minimum Gasteiger partial charge on any atom is -0.399 e. The highest BCUT2D eigenvalue weighted by Crippen LogP contribution is 2.37. The fourth-order valence-corrected chi connectivity index (χ4v) is 4.90. The Labute approximate surface area is 158 Å². The Morgan fingerprint density at radius 2 is 1.58 bits per heavy atom. The van der Waals surface area contributed by atoms with E-state index < -0.39 is 27.1 Å². The van der Waals surface area contributed by atoms with E-state index in [0.717, 1.165) is 10.9 Å². The van der Waals surface area contributed by atoms with Crippen LogP contribution in [-0.2, 0) is 14.8 Å². The smallest absolute Gasteiger partial charge is 0.399 e. The molecule has 141 valence electrons. The molecule has 0 bridgehead atoms. The molecule has 1 fully saturated rings. The molecule has 1 saturated heterocycles. The molecule has 3 nitrogen and oxygen atoms in total. The Hall–Kier alpha value is -1.11. The summed E-state index contributed by atoms with van der Waals surface area (Å²) in [6.07, 6.45) is 0. The number of rotatable bonds is 2. The van der Waals surface area contributed by atoms with Crippen LogP contribution in [0.5, 0.6) is 0 Å². The third-order valence-corrected chi connectivity index (χ3v) is 7.04. The van der Waals surface area contributed by atoms with Crippen molar-refractivity contribution in [2.45, 2.75) is 78.3 Å². The first-order valence-electron chi connectivity index (χ1n) is 9.27. The van der Waals surface area contributed by atoms with Gasteiger partial charge < -0.3 is 13.9 Å². The zero-order valence-corrected chi connectivity index (χ0v) is 18.5. The normalized spacial score (nSPS) is 19.7. The second-order valence-electron chi connectivity index (χ2n) is 9.52. The van der Waals surface area contributed by atoms with Crippen molar-refractivity contribution in [2.75, 3.05) is 0 Å². The number of benzene rings is 1. The van der Waals surface area contributed by atoms with Gasteiger partial charge in [-0.1, -0.05) is 13.1 Å². The molecule has 26 heavy (non-hydrogen) atoms. The minimum absolute atomic E-state index is 0.0793. The molecule has 1 aliphatic heterocycles. The van der Waals surface area contributed by atoms with E-state index in [4.69, 9.17) is 9.31 Å². The monoisotopic (exact) mass is 374 g/mol. The summed E-state index contributed by atoms with van der Waals surface area (Å²) in [6, 6.07) is 5.59. The zero-order chi connectivity index (χ0) is 19.7. The van der Waals surface area contributed by atoms with Crippen molar-refractivity contribution in [3.63, 3.8) is 0 Å². The van der Waals surface area contributed by atoms with Gasteiger partial charge in [-0.25, -0.2) is 4.39 Å². The molecule has 1 aliphatic rings. The Kier molecular flexibility index (Phi) is 4.49. The van der Waals surface area contributed by atoms with Crippen LogP contribution in [0.25, 0.3) is 10.9 Å². The maximum Gasteiger partial charge on any atom is 0.498 e. The van der Waals surface area contributed by atoms with E-state index >= 15 is 0 Å². The van der Waals surface area contributed by atoms with E-state index in [-0.39, 0.29) is 11.4 Å². The van der Waals surface area contributed by atoms with Gasteiger partial charge in [0.25, 0.3) is 0 Å². The molecule has 2 heterocycles. The van der Waals surface area contributed by atoms with Crippen LogP contribution in [0.2, 0.25) is 13.1 Å². The molecule has 0 spiro atoms. The van der Waals surface area contributed by atoms with E-state index in [1.807, 2.05) is 33.8 Å². The number of halogens is 1. The second-order valence-corrected chi connectivity index (χ2v) is 12.0. The number of fused-ring (bicyclic) bond motifs is 1. The van der Waals surface area contributed by atoms with E-state index in [2.05, 4.69) is 44.5 Å². The van der Waals surface area contributed by atoms with Crippen molar-refractivity contribution < 1.29 is 13.7 Å². The van der Waals surface area contributed by atoms with Gasteiger partial charge in [-0.05, 0) is 66.7 Å². The van der Waals surface area contributed by atoms with Crippen molar-refractivity contribution in [1.29, 1.82) is 0 Å². The Balaban J connectivity index is 2.27. The van der Waals surface area contributed by atoms with Crippen molar-refractivity contribution in [3.8, 4) is 0 Å². The lowest BCUT2D eigenvalue weighted by Crippen LogP contribution is -2.41. The van der Waals surface area contributed by atoms with E-state index in [1.165, 1.54) is 5.32 Å². The van der Waals surface area contributed by atoms with Crippen LogP contribution < -0.4 is 10.8 Å². The molecule has 0 unspecified atom stereocenters. The second kappa shape index (κ2) is 5.94. The summed E-state index contributed by atoms with van der Waals surface area (Å²) in [7, 11) is -1.42. The number of nitrogens with zero attached hydrogens (tertiary/aromatic N) is 1. The molecule has 0 aliphatic carbocycles. The molecule has 3 rings (SSSR count). The van der Waals surface area contributed by atoms with Crippen molar-refractivity contribution in [3.05, 3.63) is 24.0 Å². The van der Waals surface area contributed by atoms with E-state index in [0.29, 0.717) is 5.46 Å². The summed E-state index contributed by atoms with van der Waals surface area (Å²) in [5, 5.41) is 2.19. The molecule has 1 radical (unpaired) electrons. The average molecular weight is 374 g/mol. The third kappa shape index (κ3) is 2.96. The minimum atomic E-state index is -0.724. The van der Waals surface area contributed by atoms with Crippen LogP contribution in [0.1, 0.15) is 48.5 Å². The van der Waals surface area contributed by atoms with Gasteiger partial charge in [-0.2, -0.15) is 0 Å². The predicted octanol–water partition coefficient (Wildman–Crippen LogP) is 3.80. The third-order valence-electron chi connectivity index (χ3n) is 5.65. The molecule has 0 saturated carbocycles. The van der Waals surface area contributed by atoms with Gasteiger partial charge in [0.05, 0.1) is 11.2 Å². The molecule has 0 N–H and O–H groups in total. The fraction of sp³-hybridized carbons (Fsp3) is 0.600. The maximum atomic E-state index is 15.0. The molecule has 2 aromatic rings. The van der Waals surface area contributed by atoms with E-state index in [1.54, 1.807) is 6.07 Å². The lowest BCUT2D eigenvalue weighted by Gasteiger charge is -2.32. The largest absolute Gasteiger partial charge is 0.498 e. The molecule has 6 heteroatoms. The van der Waals surface area contributed by atoms with E-state index in [9.17, 15) is 4.39 Å². The highest BCUT2D eigenvalue weighted by atomic mass is 28.3. The molecule has 0 amide bonds. The van der Waals surface area contributed by atoms with Crippen molar-refractivity contribution >= 4 is 37.6 Å². The average Bonchev–Trinajstić information content (AvgIpc) is 2.93. The standard InChI is InChI=1S/C20H30BFNO2Si/c1-18(2,3)23-15-11-10-14(22)17(13(15)12-16(23)26(8)9)21-24-19(4,5)20(6,7)25-21/h10-12H,1-9H3. The quantitative estimate of drug-likeness (QED) is 0.747. The Morgan fingerprint density at radius 3 is 2.04 bits per heavy atom. The lowest BCUT2D eigenvalue weighted by molar-refractivity contribution is 0.00578. The predicted molar refractivity (Wildman–Crippen MR) is 110 cm³/mol. The number of aromatic nitrogens is 1. The van der Waals surface area contributed by atoms with Gasteiger partial charge in [0.1, 0.15) is 14.6 Å². The number of hydrogen-bond donors (Lipinski definition) is 0. The van der Waals surface area contributed by atoms with Gasteiger partial charge in [0.2, 0.25) is 0 Å². The summed E-state index contributed by atoms with van der Waals surface area (Å²) >= 11 is 0.